The summed E-state index contributed by atoms with van der Waals surface area (Å²) in [6.07, 6.45) is 3.02. The average Bonchev–Trinajstić information content (AvgIpc) is 2.94. The van der Waals surface area contributed by atoms with Gasteiger partial charge in [-0.15, -0.1) is 0 Å². The molecule has 1 saturated heterocycles. The SMILES string of the molecule is Cc1cc(C)n(-c2cc(N3CC(C(=O)Nc4ncccc4O)C3)ncn2)n1. The van der Waals surface area contributed by atoms with Crippen molar-refractivity contribution in [3.05, 3.63) is 48.2 Å². The van der Waals surface area contributed by atoms with Gasteiger partial charge < -0.3 is 15.3 Å². The van der Waals surface area contributed by atoms with Crippen LogP contribution < -0.4 is 10.2 Å². The number of aryl methyl sites for hydroxylation is 2. The van der Waals surface area contributed by atoms with Crippen LogP contribution in [0, 0.1) is 19.8 Å². The van der Waals surface area contributed by atoms with E-state index >= 15 is 0 Å². The highest BCUT2D eigenvalue weighted by atomic mass is 16.3. The highest BCUT2D eigenvalue weighted by Gasteiger charge is 2.34. The number of rotatable bonds is 4. The lowest BCUT2D eigenvalue weighted by atomic mass is 9.99. The summed E-state index contributed by atoms with van der Waals surface area (Å²) in [6.45, 7) is 4.97. The molecule has 0 aromatic carbocycles. The Morgan fingerprint density at radius 3 is 2.67 bits per heavy atom. The minimum atomic E-state index is -0.196. The third kappa shape index (κ3) is 3.31. The summed E-state index contributed by atoms with van der Waals surface area (Å²) in [5, 5.41) is 16.8. The number of carbonyl (C=O) groups excluding carboxylic acids is 1. The van der Waals surface area contributed by atoms with Crippen LogP contribution in [0.3, 0.4) is 0 Å². The number of aromatic nitrogens is 5. The first-order valence-electron chi connectivity index (χ1n) is 8.57. The highest BCUT2D eigenvalue weighted by molar-refractivity contribution is 5.94. The maximum atomic E-state index is 12.3. The Hall–Kier alpha value is -3.49. The first-order chi connectivity index (χ1) is 13.0. The fourth-order valence-electron chi connectivity index (χ4n) is 3.03. The van der Waals surface area contributed by atoms with Crippen molar-refractivity contribution in [1.29, 1.82) is 0 Å². The lowest BCUT2D eigenvalue weighted by Gasteiger charge is -2.39. The van der Waals surface area contributed by atoms with Crippen LogP contribution in [0.1, 0.15) is 11.4 Å². The fourth-order valence-corrected chi connectivity index (χ4v) is 3.03. The maximum Gasteiger partial charge on any atom is 0.232 e. The van der Waals surface area contributed by atoms with Crippen molar-refractivity contribution < 1.29 is 9.90 Å². The molecule has 3 aromatic heterocycles. The predicted molar refractivity (Wildman–Crippen MR) is 98.9 cm³/mol. The number of nitrogens with one attached hydrogen (secondary N) is 1. The van der Waals surface area contributed by atoms with Crippen molar-refractivity contribution >= 4 is 17.5 Å². The second-order valence-corrected chi connectivity index (χ2v) is 6.54. The van der Waals surface area contributed by atoms with E-state index in [0.29, 0.717) is 18.9 Å². The number of aromatic hydroxyl groups is 1. The topological polar surface area (TPSA) is 109 Å². The van der Waals surface area contributed by atoms with Crippen LogP contribution in [0.15, 0.2) is 36.8 Å². The van der Waals surface area contributed by atoms with Gasteiger partial charge in [-0.1, -0.05) is 0 Å². The summed E-state index contributed by atoms with van der Waals surface area (Å²) in [5.41, 5.74) is 1.92. The van der Waals surface area contributed by atoms with Crippen molar-refractivity contribution in [3.8, 4) is 11.6 Å². The van der Waals surface area contributed by atoms with E-state index in [4.69, 9.17) is 0 Å². The van der Waals surface area contributed by atoms with E-state index in [1.807, 2.05) is 30.9 Å². The normalized spacial score (nSPS) is 14.1. The summed E-state index contributed by atoms with van der Waals surface area (Å²) >= 11 is 0. The maximum absolute atomic E-state index is 12.3. The summed E-state index contributed by atoms with van der Waals surface area (Å²) in [5.74, 6) is 1.20. The van der Waals surface area contributed by atoms with E-state index in [9.17, 15) is 9.90 Å². The molecule has 0 spiro atoms. The second kappa shape index (κ2) is 6.67. The molecule has 4 rings (SSSR count). The lowest BCUT2D eigenvalue weighted by molar-refractivity contribution is -0.120. The van der Waals surface area contributed by atoms with Gasteiger partial charge in [-0.25, -0.2) is 19.6 Å². The van der Waals surface area contributed by atoms with Gasteiger partial charge in [0.15, 0.2) is 17.4 Å². The molecule has 27 heavy (non-hydrogen) atoms. The fraction of sp³-hybridized carbons (Fsp3) is 0.278. The van der Waals surface area contributed by atoms with E-state index in [0.717, 1.165) is 17.2 Å². The van der Waals surface area contributed by atoms with Crippen LogP contribution in [0.4, 0.5) is 11.6 Å². The molecule has 0 bridgehead atoms. The molecule has 0 unspecified atom stereocenters. The van der Waals surface area contributed by atoms with Gasteiger partial charge in [-0.2, -0.15) is 5.10 Å². The monoisotopic (exact) mass is 365 g/mol. The zero-order chi connectivity index (χ0) is 19.0. The molecule has 3 aromatic rings. The largest absolute Gasteiger partial charge is 0.504 e. The third-order valence-corrected chi connectivity index (χ3v) is 4.47. The standard InChI is InChI=1S/C18H19N7O2/c1-11-6-12(2)25(23-11)16-7-15(20-10-21-16)24-8-13(9-24)18(27)22-17-14(26)4-3-5-19-17/h3-7,10,13,26H,8-9H2,1-2H3,(H,19,22,27). The quantitative estimate of drug-likeness (QED) is 0.720. The zero-order valence-corrected chi connectivity index (χ0v) is 15.0. The number of hydrogen-bond donors (Lipinski definition) is 2. The lowest BCUT2D eigenvalue weighted by Crippen LogP contribution is -2.52. The van der Waals surface area contributed by atoms with Crippen LogP contribution in [0.5, 0.6) is 5.75 Å². The molecule has 0 aliphatic carbocycles. The molecule has 2 N–H and O–H groups in total. The molecule has 1 amide bonds. The van der Waals surface area contributed by atoms with Crippen molar-refractivity contribution in [3.63, 3.8) is 0 Å². The molecule has 0 radical (unpaired) electrons. The van der Waals surface area contributed by atoms with Crippen molar-refractivity contribution in [2.45, 2.75) is 13.8 Å². The number of amides is 1. The van der Waals surface area contributed by atoms with Gasteiger partial charge in [-0.3, -0.25) is 4.79 Å². The molecule has 1 aliphatic heterocycles. The molecule has 9 nitrogen and oxygen atoms in total. The Morgan fingerprint density at radius 2 is 1.96 bits per heavy atom. The number of anilines is 2. The Morgan fingerprint density at radius 1 is 1.19 bits per heavy atom. The van der Waals surface area contributed by atoms with Crippen LogP contribution in [0.2, 0.25) is 0 Å². The summed E-state index contributed by atoms with van der Waals surface area (Å²) < 4.78 is 1.77. The van der Waals surface area contributed by atoms with Crippen LogP contribution in [0.25, 0.3) is 5.82 Å². The predicted octanol–water partition coefficient (Wildman–Crippen LogP) is 1.45. The number of pyridine rings is 1. The van der Waals surface area contributed by atoms with E-state index in [-0.39, 0.29) is 23.4 Å². The van der Waals surface area contributed by atoms with Crippen LogP contribution in [-0.2, 0) is 4.79 Å². The number of nitrogens with zero attached hydrogens (tertiary/aromatic N) is 6. The average molecular weight is 365 g/mol. The summed E-state index contributed by atoms with van der Waals surface area (Å²) in [6, 6.07) is 6.93. The number of carbonyl (C=O) groups is 1. The van der Waals surface area contributed by atoms with Gasteiger partial charge in [0.1, 0.15) is 12.1 Å². The van der Waals surface area contributed by atoms with Gasteiger partial charge >= 0.3 is 0 Å². The molecular weight excluding hydrogens is 346 g/mol. The Labute approximate surface area is 155 Å². The van der Waals surface area contributed by atoms with Gasteiger partial charge in [0, 0.05) is 31.0 Å². The van der Waals surface area contributed by atoms with E-state index in [1.54, 1.807) is 10.7 Å². The van der Waals surface area contributed by atoms with Crippen molar-refractivity contribution in [1.82, 2.24) is 24.7 Å². The van der Waals surface area contributed by atoms with Crippen molar-refractivity contribution in [2.75, 3.05) is 23.3 Å². The molecule has 4 heterocycles. The molecule has 0 atom stereocenters. The highest BCUT2D eigenvalue weighted by Crippen LogP contribution is 2.26. The molecule has 138 valence electrons. The number of hydrogen-bond acceptors (Lipinski definition) is 7. The molecule has 1 fully saturated rings. The minimum Gasteiger partial charge on any atom is -0.504 e. The molecule has 0 saturated carbocycles. The van der Waals surface area contributed by atoms with E-state index in [2.05, 4.69) is 25.4 Å². The van der Waals surface area contributed by atoms with Gasteiger partial charge in [0.05, 0.1) is 11.6 Å². The smallest absolute Gasteiger partial charge is 0.232 e. The minimum absolute atomic E-state index is 0.0487. The van der Waals surface area contributed by atoms with E-state index < -0.39 is 0 Å². The molecule has 1 aliphatic rings. The first kappa shape index (κ1) is 17.0. The Bertz CT molecular complexity index is 995. The van der Waals surface area contributed by atoms with E-state index in [1.165, 1.54) is 18.6 Å². The van der Waals surface area contributed by atoms with Gasteiger partial charge in [-0.05, 0) is 32.0 Å². The summed E-state index contributed by atoms with van der Waals surface area (Å²) in [7, 11) is 0. The molecule has 9 heteroatoms. The zero-order valence-electron chi connectivity index (χ0n) is 15.0. The third-order valence-electron chi connectivity index (χ3n) is 4.47. The van der Waals surface area contributed by atoms with Crippen molar-refractivity contribution in [2.24, 2.45) is 5.92 Å². The molecular formula is C18H19N7O2. The van der Waals surface area contributed by atoms with Crippen LogP contribution in [-0.4, -0.2) is 48.8 Å². The van der Waals surface area contributed by atoms with Crippen LogP contribution >= 0.6 is 0 Å². The summed E-state index contributed by atoms with van der Waals surface area (Å²) in [4.78, 5) is 26.9. The first-order valence-corrected chi connectivity index (χ1v) is 8.57. The van der Waals surface area contributed by atoms with Gasteiger partial charge in [0.25, 0.3) is 0 Å². The van der Waals surface area contributed by atoms with Gasteiger partial charge in [0.2, 0.25) is 5.91 Å². The second-order valence-electron chi connectivity index (χ2n) is 6.54. The Balaban J connectivity index is 1.42. The Kier molecular flexibility index (Phi) is 4.19.